The van der Waals surface area contributed by atoms with Gasteiger partial charge < -0.3 is 19.8 Å². The minimum Gasteiger partial charge on any atom is -0.509 e. The molecule has 0 saturated carbocycles. The molecule has 0 saturated heterocycles. The molecule has 0 aliphatic carbocycles. The molecule has 10 nitrogen and oxygen atoms in total. The van der Waals surface area contributed by atoms with Gasteiger partial charge in [-0.2, -0.15) is 4.76 Å². The maximum Gasteiger partial charge on any atom is 0.348 e. The summed E-state index contributed by atoms with van der Waals surface area (Å²) in [5.41, 5.74) is -0.0506. The third kappa shape index (κ3) is 5.56. The number of terminal acetylenes is 1. The molecule has 2 atom stereocenters. The molecule has 1 aromatic rings. The Labute approximate surface area is 206 Å². The largest absolute Gasteiger partial charge is 0.509 e. The van der Waals surface area contributed by atoms with Crippen LogP contribution in [0, 0.1) is 17.8 Å². The van der Waals surface area contributed by atoms with Crippen LogP contribution in [0.15, 0.2) is 34.3 Å². The summed E-state index contributed by atoms with van der Waals surface area (Å²) in [6, 6.07) is 3.77. The Morgan fingerprint density at radius 2 is 2.06 bits per heavy atom. The van der Waals surface area contributed by atoms with Gasteiger partial charge in [-0.25, -0.2) is 8.42 Å². The molecule has 190 valence electrons. The number of carbonyl (C=O) groups excluding carboxylic acids is 1. The van der Waals surface area contributed by atoms with E-state index in [2.05, 4.69) is 20.7 Å². The molecule has 3 rings (SSSR count). The Hall–Kier alpha value is -2.80. The van der Waals surface area contributed by atoms with Gasteiger partial charge in [-0.15, -0.1) is 12.3 Å². The first-order valence-electron chi connectivity index (χ1n) is 11.1. The van der Waals surface area contributed by atoms with Gasteiger partial charge in [0.2, 0.25) is 10.0 Å². The zero-order chi connectivity index (χ0) is 26.2. The van der Waals surface area contributed by atoms with E-state index in [-0.39, 0.29) is 34.8 Å². The summed E-state index contributed by atoms with van der Waals surface area (Å²) in [6.45, 7) is 7.77. The second kappa shape index (κ2) is 9.69. The van der Waals surface area contributed by atoms with Crippen molar-refractivity contribution < 1.29 is 27.4 Å². The first-order chi connectivity index (χ1) is 16.2. The molecule has 0 radical (unpaired) electrons. The van der Waals surface area contributed by atoms with Crippen molar-refractivity contribution in [3.05, 3.63) is 29.5 Å². The predicted octanol–water partition coefficient (Wildman–Crippen LogP) is 3.22. The van der Waals surface area contributed by atoms with Gasteiger partial charge in [0.25, 0.3) is 5.91 Å². The highest BCUT2D eigenvalue weighted by Gasteiger charge is 2.48. The third-order valence-electron chi connectivity index (χ3n) is 5.47. The minimum atomic E-state index is -3.92. The van der Waals surface area contributed by atoms with Crippen LogP contribution in [-0.2, 0) is 23.9 Å². The fourth-order valence-corrected chi connectivity index (χ4v) is 6.57. The number of nitrogens with zero attached hydrogens (tertiary/aromatic N) is 2. The van der Waals surface area contributed by atoms with E-state index >= 15 is 0 Å². The average molecular weight is 523 g/mol. The summed E-state index contributed by atoms with van der Waals surface area (Å²) in [4.78, 5) is 15.0. The predicted molar refractivity (Wildman–Crippen MR) is 138 cm³/mol. The van der Waals surface area contributed by atoms with E-state index in [9.17, 15) is 22.9 Å². The van der Waals surface area contributed by atoms with E-state index in [1.165, 1.54) is 18.2 Å². The summed E-state index contributed by atoms with van der Waals surface area (Å²) in [5.74, 6) is 1.87. The van der Waals surface area contributed by atoms with Gasteiger partial charge in [0, 0.05) is 18.7 Å². The van der Waals surface area contributed by atoms with Crippen LogP contribution in [0.25, 0.3) is 0 Å². The maximum atomic E-state index is 13.8. The summed E-state index contributed by atoms with van der Waals surface area (Å²) in [5, 5.41) is 14.3. The molecule has 0 fully saturated rings. The van der Waals surface area contributed by atoms with Crippen LogP contribution in [0.4, 0.5) is 11.4 Å². The zero-order valence-electron chi connectivity index (χ0n) is 20.5. The molecular formula is C23H31N4O6PS. The monoisotopic (exact) mass is 522 g/mol. The summed E-state index contributed by atoms with van der Waals surface area (Å²) in [7, 11) is -7.48. The van der Waals surface area contributed by atoms with Crippen LogP contribution in [0.2, 0.25) is 0 Å². The van der Waals surface area contributed by atoms with Crippen LogP contribution in [-0.4, -0.2) is 55.6 Å². The topological polar surface area (TPSA) is 137 Å². The van der Waals surface area contributed by atoms with Crippen molar-refractivity contribution in [1.82, 2.24) is 4.90 Å². The van der Waals surface area contributed by atoms with Crippen LogP contribution >= 0.6 is 7.52 Å². The highest BCUT2D eigenvalue weighted by molar-refractivity contribution is 7.92. The van der Waals surface area contributed by atoms with Crippen molar-refractivity contribution in [2.24, 2.45) is 10.2 Å². The number of amidine groups is 1. The SMILES string of the molecule is C#CCCCN1C(=O)C(C2=NP(=O)(OCC)c3cc(NS(C)(=O)=O)ccc3N2)=C(O)[C@@H]1C(C)(C)C. The standard InChI is InChI=1S/C23H31N4O6PS/c1-7-9-10-13-27-20(23(3,4)5)19(28)18(22(27)29)21-24-16-12-11-15(26-35(6,31)32)14-17(16)34(30,25-21)33-8-2/h1,11-12,14,20,26,28H,8-10,13H2,2-6H3,(H,24,25,30)/t20-,34?/m1/s1. The van der Waals surface area contributed by atoms with Gasteiger partial charge >= 0.3 is 7.52 Å². The number of nitrogens with one attached hydrogen (secondary N) is 2. The Kier molecular flexibility index (Phi) is 7.42. The molecule has 0 aromatic heterocycles. The van der Waals surface area contributed by atoms with E-state index in [1.807, 2.05) is 20.8 Å². The number of aliphatic hydroxyl groups excluding tert-OH is 1. The van der Waals surface area contributed by atoms with Crippen LogP contribution in [0.1, 0.15) is 40.5 Å². The number of carbonyl (C=O) groups is 1. The van der Waals surface area contributed by atoms with Crippen molar-refractivity contribution in [2.75, 3.05) is 29.4 Å². The fraction of sp³-hybridized carbons (Fsp3) is 0.478. The Balaban J connectivity index is 2.10. The van der Waals surface area contributed by atoms with Crippen molar-refractivity contribution in [1.29, 1.82) is 0 Å². The highest BCUT2D eigenvalue weighted by atomic mass is 32.2. The Bertz CT molecular complexity index is 1290. The number of aliphatic hydroxyl groups is 1. The average Bonchev–Trinajstić information content (AvgIpc) is 2.97. The van der Waals surface area contributed by atoms with Crippen molar-refractivity contribution in [3.63, 3.8) is 0 Å². The first kappa shape index (κ1) is 26.8. The maximum absolute atomic E-state index is 13.8. The smallest absolute Gasteiger partial charge is 0.348 e. The van der Waals surface area contributed by atoms with Gasteiger partial charge in [0.05, 0.1) is 29.9 Å². The molecule has 35 heavy (non-hydrogen) atoms. The lowest BCUT2D eigenvalue weighted by Crippen LogP contribution is -2.44. The van der Waals surface area contributed by atoms with Gasteiger partial charge in [-0.1, -0.05) is 20.8 Å². The molecule has 0 bridgehead atoms. The van der Waals surface area contributed by atoms with E-state index in [0.29, 0.717) is 25.1 Å². The van der Waals surface area contributed by atoms with Crippen LogP contribution in [0.5, 0.6) is 0 Å². The molecule has 12 heteroatoms. The normalized spacial score (nSPS) is 22.4. The summed E-state index contributed by atoms with van der Waals surface area (Å²) in [6.07, 6.45) is 7.41. The van der Waals surface area contributed by atoms with E-state index in [0.717, 1.165) is 6.26 Å². The van der Waals surface area contributed by atoms with Crippen LogP contribution < -0.4 is 15.3 Å². The quantitative estimate of drug-likeness (QED) is 0.271. The molecule has 2 aliphatic rings. The second-order valence-corrected chi connectivity index (χ2v) is 13.2. The number of sulfonamides is 1. The number of fused-ring (bicyclic) bond motifs is 1. The van der Waals surface area contributed by atoms with Crippen molar-refractivity contribution >= 4 is 46.0 Å². The molecule has 2 aliphatic heterocycles. The molecule has 1 aromatic carbocycles. The number of anilines is 2. The molecule has 1 amide bonds. The number of amides is 1. The first-order valence-corrected chi connectivity index (χ1v) is 14.6. The number of rotatable bonds is 8. The Morgan fingerprint density at radius 3 is 2.63 bits per heavy atom. The zero-order valence-corrected chi connectivity index (χ0v) is 22.2. The lowest BCUT2D eigenvalue weighted by atomic mass is 9.85. The molecule has 3 N–H and O–H groups in total. The summed E-state index contributed by atoms with van der Waals surface area (Å²) >= 11 is 0. The second-order valence-electron chi connectivity index (χ2n) is 9.45. The minimum absolute atomic E-state index is 0.0546. The van der Waals surface area contributed by atoms with Crippen molar-refractivity contribution in [3.8, 4) is 12.3 Å². The van der Waals surface area contributed by atoms with E-state index < -0.39 is 34.9 Å². The molecular weight excluding hydrogens is 491 g/mol. The third-order valence-corrected chi connectivity index (χ3v) is 8.13. The number of benzene rings is 1. The molecule has 0 spiro atoms. The van der Waals surface area contributed by atoms with Gasteiger partial charge in [0.15, 0.2) is 5.84 Å². The van der Waals surface area contributed by atoms with E-state index in [4.69, 9.17) is 10.9 Å². The van der Waals surface area contributed by atoms with Crippen molar-refractivity contribution in [2.45, 2.75) is 46.6 Å². The van der Waals surface area contributed by atoms with Crippen LogP contribution in [0.3, 0.4) is 0 Å². The van der Waals surface area contributed by atoms with Gasteiger partial charge in [0.1, 0.15) is 11.3 Å². The number of hydrogen-bond acceptors (Lipinski definition) is 7. The lowest BCUT2D eigenvalue weighted by molar-refractivity contribution is -0.128. The molecule has 2 heterocycles. The fourth-order valence-electron chi connectivity index (χ4n) is 4.21. The van der Waals surface area contributed by atoms with Gasteiger partial charge in [-0.3, -0.25) is 14.1 Å². The number of unbranched alkanes of at least 4 members (excludes halogenated alkanes) is 1. The highest BCUT2D eigenvalue weighted by Crippen LogP contribution is 2.53. The number of hydrogen-bond donors (Lipinski definition) is 3. The molecule has 1 unspecified atom stereocenters. The van der Waals surface area contributed by atoms with E-state index in [1.54, 1.807) is 11.8 Å². The summed E-state index contributed by atoms with van der Waals surface area (Å²) < 4.78 is 49.3. The Morgan fingerprint density at radius 1 is 1.37 bits per heavy atom. The van der Waals surface area contributed by atoms with Gasteiger partial charge in [-0.05, 0) is 37.0 Å². The lowest BCUT2D eigenvalue weighted by Gasteiger charge is -2.35.